The van der Waals surface area contributed by atoms with Crippen LogP contribution in [-0.2, 0) is 16.2 Å². The normalized spacial score (nSPS) is 18.4. The molecule has 9 heteroatoms. The molecule has 1 aromatic carbocycles. The minimum atomic E-state index is -4.63. The van der Waals surface area contributed by atoms with Gasteiger partial charge in [0.25, 0.3) is 0 Å². The highest BCUT2D eigenvalue weighted by molar-refractivity contribution is 7.89. The smallest absolute Gasteiger partial charge is 0.305 e. The third-order valence-electron chi connectivity index (χ3n) is 3.72. The van der Waals surface area contributed by atoms with E-state index < -0.39 is 27.3 Å². The van der Waals surface area contributed by atoms with E-state index in [9.17, 15) is 21.6 Å². The average Bonchev–Trinajstić information content (AvgIpc) is 2.70. The van der Waals surface area contributed by atoms with Gasteiger partial charge in [0.1, 0.15) is 6.07 Å². The van der Waals surface area contributed by atoms with Crippen molar-refractivity contribution in [1.82, 2.24) is 9.21 Å². The van der Waals surface area contributed by atoms with Gasteiger partial charge in [-0.25, -0.2) is 8.42 Å². The Morgan fingerprint density at radius 3 is 2.48 bits per heavy atom. The Hall–Kier alpha value is -1.63. The monoisotopic (exact) mass is 347 g/mol. The molecule has 5 nitrogen and oxygen atoms in total. The van der Waals surface area contributed by atoms with Crippen LogP contribution in [0.1, 0.15) is 17.5 Å². The summed E-state index contributed by atoms with van der Waals surface area (Å²) in [7, 11) is -2.13. The fourth-order valence-corrected chi connectivity index (χ4v) is 4.01. The van der Waals surface area contributed by atoms with Gasteiger partial charge in [0.05, 0.1) is 16.0 Å². The Balaban J connectivity index is 2.42. The first-order valence-corrected chi connectivity index (χ1v) is 8.40. The van der Waals surface area contributed by atoms with Crippen LogP contribution < -0.4 is 0 Å². The number of benzene rings is 1. The van der Waals surface area contributed by atoms with E-state index in [0.717, 1.165) is 12.6 Å². The van der Waals surface area contributed by atoms with E-state index in [1.54, 1.807) is 6.07 Å². The van der Waals surface area contributed by atoms with Crippen LogP contribution in [0.2, 0.25) is 0 Å². The van der Waals surface area contributed by atoms with Crippen molar-refractivity contribution in [3.8, 4) is 6.07 Å². The van der Waals surface area contributed by atoms with Crippen LogP contribution in [0.15, 0.2) is 23.1 Å². The molecule has 0 radical (unpaired) electrons. The van der Waals surface area contributed by atoms with Crippen LogP contribution in [0.5, 0.6) is 0 Å². The topological polar surface area (TPSA) is 64.4 Å². The lowest BCUT2D eigenvalue weighted by Gasteiger charge is -2.21. The lowest BCUT2D eigenvalue weighted by Crippen LogP contribution is -2.35. The first kappa shape index (κ1) is 17.7. The zero-order valence-corrected chi connectivity index (χ0v) is 13.3. The van der Waals surface area contributed by atoms with Crippen molar-refractivity contribution in [3.05, 3.63) is 29.3 Å². The van der Waals surface area contributed by atoms with Gasteiger partial charge < -0.3 is 4.90 Å². The van der Waals surface area contributed by atoms with Crippen molar-refractivity contribution in [2.75, 3.05) is 33.2 Å². The highest BCUT2D eigenvalue weighted by Gasteiger charge is 2.34. The molecule has 0 bridgehead atoms. The van der Waals surface area contributed by atoms with Gasteiger partial charge in [0.15, 0.2) is 0 Å². The summed E-state index contributed by atoms with van der Waals surface area (Å²) in [6, 6.07) is 3.70. The molecule has 0 spiro atoms. The molecule has 0 unspecified atom stereocenters. The fraction of sp³-hybridized carbons (Fsp3) is 0.500. The predicted octanol–water partition coefficient (Wildman–Crippen LogP) is 1.90. The van der Waals surface area contributed by atoms with Crippen molar-refractivity contribution in [1.29, 1.82) is 5.26 Å². The molecular weight excluding hydrogens is 331 g/mol. The highest BCUT2D eigenvalue weighted by atomic mass is 32.2. The first-order chi connectivity index (χ1) is 10.7. The molecular formula is C14H16F3N3O2S. The van der Waals surface area contributed by atoms with E-state index in [1.165, 1.54) is 4.31 Å². The number of halogens is 3. The Morgan fingerprint density at radius 1 is 1.17 bits per heavy atom. The Bertz CT molecular complexity index is 726. The highest BCUT2D eigenvalue weighted by Crippen LogP contribution is 2.32. The molecule has 1 heterocycles. The van der Waals surface area contributed by atoms with Crippen LogP contribution in [-0.4, -0.2) is 50.8 Å². The number of nitrogens with zero attached hydrogens (tertiary/aromatic N) is 3. The van der Waals surface area contributed by atoms with Crippen molar-refractivity contribution in [2.45, 2.75) is 17.5 Å². The molecule has 0 aromatic heterocycles. The van der Waals surface area contributed by atoms with Gasteiger partial charge in [-0.05, 0) is 38.2 Å². The molecule has 1 saturated heterocycles. The number of sulfonamides is 1. The number of likely N-dealkylation sites (N-methyl/N-ethyl adjacent to an activating group) is 1. The van der Waals surface area contributed by atoms with Gasteiger partial charge in [0, 0.05) is 19.6 Å². The number of hydrogen-bond donors (Lipinski definition) is 0. The van der Waals surface area contributed by atoms with Gasteiger partial charge in [-0.3, -0.25) is 0 Å². The number of nitriles is 1. The van der Waals surface area contributed by atoms with E-state index in [0.29, 0.717) is 25.1 Å². The second-order valence-electron chi connectivity index (χ2n) is 5.38. The van der Waals surface area contributed by atoms with Crippen molar-refractivity contribution in [2.24, 2.45) is 0 Å². The summed E-state index contributed by atoms with van der Waals surface area (Å²) < 4.78 is 64.7. The Labute approximate surface area is 133 Å². The maximum atomic E-state index is 12.7. The number of rotatable bonds is 2. The lowest BCUT2D eigenvalue weighted by molar-refractivity contribution is -0.137. The van der Waals surface area contributed by atoms with Gasteiger partial charge in [-0.1, -0.05) is 0 Å². The molecule has 1 fully saturated rings. The maximum absolute atomic E-state index is 12.7. The SMILES string of the molecule is CN1CCCN(S(=O)(=O)c2ccc(C(F)(F)F)cc2C#N)CC1. The molecule has 1 aromatic rings. The van der Waals surface area contributed by atoms with Crippen LogP contribution >= 0.6 is 0 Å². The largest absolute Gasteiger partial charge is 0.416 e. The molecule has 0 aliphatic carbocycles. The molecule has 0 amide bonds. The number of alkyl halides is 3. The van der Waals surface area contributed by atoms with Gasteiger partial charge in [0.2, 0.25) is 10.0 Å². The fourth-order valence-electron chi connectivity index (χ4n) is 2.42. The Morgan fingerprint density at radius 2 is 1.87 bits per heavy atom. The number of hydrogen-bond acceptors (Lipinski definition) is 4. The second-order valence-corrected chi connectivity index (χ2v) is 7.29. The minimum absolute atomic E-state index is 0.241. The zero-order valence-electron chi connectivity index (χ0n) is 12.5. The van der Waals surface area contributed by atoms with E-state index in [-0.39, 0.29) is 18.0 Å². The molecule has 126 valence electrons. The zero-order chi connectivity index (χ0) is 17.3. The lowest BCUT2D eigenvalue weighted by atomic mass is 10.1. The minimum Gasteiger partial charge on any atom is -0.305 e. The quantitative estimate of drug-likeness (QED) is 0.820. The molecule has 23 heavy (non-hydrogen) atoms. The predicted molar refractivity (Wildman–Crippen MR) is 77.0 cm³/mol. The first-order valence-electron chi connectivity index (χ1n) is 6.96. The van der Waals surface area contributed by atoms with Crippen LogP contribution in [0, 0.1) is 11.3 Å². The van der Waals surface area contributed by atoms with Crippen molar-refractivity contribution in [3.63, 3.8) is 0 Å². The molecule has 1 aliphatic rings. The van der Waals surface area contributed by atoms with Gasteiger partial charge in [-0.2, -0.15) is 22.7 Å². The van der Waals surface area contributed by atoms with Crippen LogP contribution in [0.25, 0.3) is 0 Å². The van der Waals surface area contributed by atoms with Crippen LogP contribution in [0.3, 0.4) is 0 Å². The van der Waals surface area contributed by atoms with Crippen LogP contribution in [0.4, 0.5) is 13.2 Å². The van der Waals surface area contributed by atoms with Crippen molar-refractivity contribution < 1.29 is 21.6 Å². The van der Waals surface area contributed by atoms with E-state index >= 15 is 0 Å². The summed E-state index contributed by atoms with van der Waals surface area (Å²) in [6.07, 6.45) is -4.00. The van der Waals surface area contributed by atoms with Gasteiger partial charge >= 0.3 is 6.18 Å². The summed E-state index contributed by atoms with van der Waals surface area (Å²) in [4.78, 5) is 1.60. The summed E-state index contributed by atoms with van der Waals surface area (Å²) in [6.45, 7) is 1.79. The second kappa shape index (κ2) is 6.47. The molecule has 1 aliphatic heterocycles. The summed E-state index contributed by atoms with van der Waals surface area (Å²) in [5, 5.41) is 9.06. The maximum Gasteiger partial charge on any atom is 0.416 e. The average molecular weight is 347 g/mol. The summed E-state index contributed by atoms with van der Waals surface area (Å²) >= 11 is 0. The van der Waals surface area contributed by atoms with E-state index in [2.05, 4.69) is 0 Å². The molecule has 0 atom stereocenters. The molecule has 2 rings (SSSR count). The third-order valence-corrected chi connectivity index (χ3v) is 5.68. The van der Waals surface area contributed by atoms with Crippen molar-refractivity contribution >= 4 is 10.0 Å². The summed E-state index contributed by atoms with van der Waals surface area (Å²) in [5.74, 6) is 0. The van der Waals surface area contributed by atoms with Gasteiger partial charge in [-0.15, -0.1) is 0 Å². The Kier molecular flexibility index (Phi) is 4.98. The third kappa shape index (κ3) is 3.83. The van der Waals surface area contributed by atoms with E-state index in [4.69, 9.17) is 5.26 Å². The van der Waals surface area contributed by atoms with E-state index in [1.807, 2.05) is 11.9 Å². The molecule has 0 saturated carbocycles. The standard InChI is InChI=1S/C14H16F3N3O2S/c1-19-5-2-6-20(8-7-19)23(21,22)13-4-3-12(14(15,16)17)9-11(13)10-18/h3-4,9H,2,5-8H2,1H3. The summed E-state index contributed by atoms with van der Waals surface area (Å²) in [5.41, 5.74) is -1.53. The molecule has 0 N–H and O–H groups in total.